The highest BCUT2D eigenvalue weighted by Crippen LogP contribution is 2.21. The second-order valence-electron chi connectivity index (χ2n) is 3.56. The van der Waals surface area contributed by atoms with Gasteiger partial charge < -0.3 is 17.2 Å². The fraction of sp³-hybridized carbons (Fsp3) is 0.375. The third-order valence-corrected chi connectivity index (χ3v) is 4.03. The van der Waals surface area contributed by atoms with Gasteiger partial charge in [-0.1, -0.05) is 0 Å². The zero-order valence-electron chi connectivity index (χ0n) is 10.4. The average molecular weight is 338 g/mol. The van der Waals surface area contributed by atoms with Crippen molar-refractivity contribution >= 4 is 50.2 Å². The first-order valence-electron chi connectivity index (χ1n) is 5.25. The van der Waals surface area contributed by atoms with Gasteiger partial charge in [-0.05, 0) is 0 Å². The van der Waals surface area contributed by atoms with Gasteiger partial charge in [0.15, 0.2) is 5.96 Å². The first-order valence-corrected chi connectivity index (χ1v) is 8.79. The first kappa shape index (κ1) is 16.7. The molecule has 1 heterocycles. The fourth-order valence-electron chi connectivity index (χ4n) is 1.09. The zero-order valence-corrected chi connectivity index (χ0v) is 12.8. The molecule has 0 fully saturated rings. The summed E-state index contributed by atoms with van der Waals surface area (Å²) in [6.07, 6.45) is 0.325. The van der Waals surface area contributed by atoms with Gasteiger partial charge in [0.2, 0.25) is 5.13 Å². The van der Waals surface area contributed by atoms with Crippen LogP contribution in [0.4, 0.5) is 5.13 Å². The highest BCUT2D eigenvalue weighted by atomic mass is 32.2. The van der Waals surface area contributed by atoms with Crippen molar-refractivity contribution in [3.8, 4) is 0 Å². The van der Waals surface area contributed by atoms with Crippen LogP contribution in [0, 0.1) is 0 Å². The Balaban J connectivity index is 2.37. The Morgan fingerprint density at radius 1 is 1.40 bits per heavy atom. The molecule has 0 unspecified atom stereocenters. The molecule has 0 aromatic carbocycles. The second-order valence-corrected chi connectivity index (χ2v) is 6.71. The van der Waals surface area contributed by atoms with Crippen LogP contribution in [0.1, 0.15) is 12.1 Å². The van der Waals surface area contributed by atoms with Gasteiger partial charge in [0.1, 0.15) is 5.84 Å². The summed E-state index contributed by atoms with van der Waals surface area (Å²) in [5.74, 6) is 1.18. The number of guanidine groups is 1. The van der Waals surface area contributed by atoms with Crippen LogP contribution in [-0.2, 0) is 16.0 Å². The molecule has 0 amide bonds. The Morgan fingerprint density at radius 3 is 2.70 bits per heavy atom. The predicted molar refractivity (Wildman–Crippen MR) is 83.1 cm³/mol. The monoisotopic (exact) mass is 338 g/mol. The topological polar surface area (TPSA) is 176 Å². The molecule has 0 atom stereocenters. The SMILES string of the molecule is NC(N)=Nc1nc(CSCC/[13C](N)=N/S(N)(=O)=O)cs1. The van der Waals surface area contributed by atoms with E-state index >= 15 is 0 Å². The highest BCUT2D eigenvalue weighted by molar-refractivity contribution is 7.98. The predicted octanol–water partition coefficient (Wildman–Crippen LogP) is -0.768. The molecule has 0 saturated heterocycles. The van der Waals surface area contributed by atoms with Gasteiger partial charge >= 0.3 is 10.2 Å². The second kappa shape index (κ2) is 7.42. The molecule has 1 aromatic rings. The Bertz CT molecular complexity index is 603. The fourth-order valence-corrected chi connectivity index (χ4v) is 3.17. The molecular weight excluding hydrogens is 323 g/mol. The van der Waals surface area contributed by atoms with Gasteiger partial charge in [-0.25, -0.2) is 10.1 Å². The molecule has 20 heavy (non-hydrogen) atoms. The number of thioether (sulfide) groups is 1. The van der Waals surface area contributed by atoms with Crippen molar-refractivity contribution in [2.45, 2.75) is 12.2 Å². The third kappa shape index (κ3) is 7.28. The van der Waals surface area contributed by atoms with Crippen molar-refractivity contribution in [1.29, 1.82) is 0 Å². The van der Waals surface area contributed by atoms with E-state index in [9.17, 15) is 8.42 Å². The number of rotatable bonds is 7. The van der Waals surface area contributed by atoms with Crippen LogP contribution in [0.25, 0.3) is 0 Å². The Kier molecular flexibility index (Phi) is 6.19. The summed E-state index contributed by atoms with van der Waals surface area (Å²) in [5.41, 5.74) is 16.7. The van der Waals surface area contributed by atoms with E-state index in [-0.39, 0.29) is 11.8 Å². The number of thiazole rings is 1. The number of nitrogens with zero attached hydrogens (tertiary/aromatic N) is 3. The molecular formula is C8H15N7O2S3. The normalized spacial score (nSPS) is 12.3. The summed E-state index contributed by atoms with van der Waals surface area (Å²) in [6.45, 7) is 0. The smallest absolute Gasteiger partial charge is 0.318 e. The van der Waals surface area contributed by atoms with Crippen molar-refractivity contribution in [1.82, 2.24) is 4.98 Å². The van der Waals surface area contributed by atoms with Gasteiger partial charge in [-0.15, -0.1) is 15.7 Å². The lowest BCUT2D eigenvalue weighted by Crippen LogP contribution is -2.21. The van der Waals surface area contributed by atoms with Gasteiger partial charge in [0.25, 0.3) is 0 Å². The van der Waals surface area contributed by atoms with Crippen molar-refractivity contribution in [2.75, 3.05) is 5.75 Å². The number of hydrogen-bond acceptors (Lipinski definition) is 6. The van der Waals surface area contributed by atoms with Crippen molar-refractivity contribution < 1.29 is 8.42 Å². The van der Waals surface area contributed by atoms with Crippen molar-refractivity contribution in [3.63, 3.8) is 0 Å². The summed E-state index contributed by atoms with van der Waals surface area (Å²) < 4.78 is 24.5. The molecule has 8 N–H and O–H groups in total. The van der Waals surface area contributed by atoms with E-state index in [4.69, 9.17) is 22.3 Å². The van der Waals surface area contributed by atoms with Crippen LogP contribution in [-0.4, -0.2) is 30.9 Å². The quantitative estimate of drug-likeness (QED) is 0.218. The van der Waals surface area contributed by atoms with E-state index in [1.807, 2.05) is 5.38 Å². The molecule has 1 rings (SSSR count). The van der Waals surface area contributed by atoms with Crippen LogP contribution in [0.3, 0.4) is 0 Å². The minimum absolute atomic E-state index is 0.0144. The van der Waals surface area contributed by atoms with Crippen molar-refractivity contribution in [3.05, 3.63) is 11.1 Å². The number of amidine groups is 1. The maximum absolute atomic E-state index is 10.6. The molecule has 12 heteroatoms. The van der Waals surface area contributed by atoms with Crippen molar-refractivity contribution in [2.24, 2.45) is 31.7 Å². The summed E-state index contributed by atoms with van der Waals surface area (Å²) in [5, 5.41) is 7.07. The maximum Gasteiger partial charge on any atom is 0.318 e. The van der Waals surface area contributed by atoms with Crippen LogP contribution < -0.4 is 22.3 Å². The summed E-state index contributed by atoms with van der Waals surface area (Å²) in [6, 6.07) is 0. The highest BCUT2D eigenvalue weighted by Gasteiger charge is 2.04. The van der Waals surface area contributed by atoms with Crippen LogP contribution >= 0.6 is 23.1 Å². The molecule has 0 aliphatic heterocycles. The molecule has 0 bridgehead atoms. The van der Waals surface area contributed by atoms with E-state index in [1.54, 1.807) is 0 Å². The number of aromatic nitrogens is 1. The molecule has 0 saturated carbocycles. The molecule has 0 aliphatic rings. The summed E-state index contributed by atoms with van der Waals surface area (Å²) in [7, 11) is -3.92. The molecule has 0 aliphatic carbocycles. The lowest BCUT2D eigenvalue weighted by molar-refractivity contribution is 0.599. The van der Waals surface area contributed by atoms with E-state index in [0.29, 0.717) is 23.1 Å². The van der Waals surface area contributed by atoms with E-state index in [1.165, 1.54) is 23.1 Å². The lowest BCUT2D eigenvalue weighted by Gasteiger charge is -1.99. The summed E-state index contributed by atoms with van der Waals surface area (Å²) >= 11 is 2.86. The molecule has 9 nitrogen and oxygen atoms in total. The number of nitrogens with two attached hydrogens (primary N) is 4. The molecule has 1 aromatic heterocycles. The van der Waals surface area contributed by atoms with Gasteiger partial charge in [0, 0.05) is 23.3 Å². The number of aliphatic imine (C=N–C) groups is 1. The third-order valence-electron chi connectivity index (χ3n) is 1.76. The summed E-state index contributed by atoms with van der Waals surface area (Å²) in [4.78, 5) is 8.03. The van der Waals surface area contributed by atoms with E-state index in [0.717, 1.165) is 5.69 Å². The van der Waals surface area contributed by atoms with Crippen LogP contribution in [0.15, 0.2) is 14.8 Å². The molecule has 112 valence electrons. The molecule has 0 radical (unpaired) electrons. The van der Waals surface area contributed by atoms with Gasteiger partial charge in [-0.2, -0.15) is 25.2 Å². The average Bonchev–Trinajstić information content (AvgIpc) is 2.68. The van der Waals surface area contributed by atoms with Gasteiger partial charge in [0.05, 0.1) is 5.69 Å². The zero-order chi connectivity index (χ0) is 15.2. The Hall–Kier alpha value is -1.37. The van der Waals surface area contributed by atoms with E-state index in [2.05, 4.69) is 14.4 Å². The Labute approximate surface area is 124 Å². The maximum atomic E-state index is 10.6. The minimum Gasteiger partial charge on any atom is -0.386 e. The van der Waals surface area contributed by atoms with Crippen LogP contribution in [0.2, 0.25) is 0 Å². The minimum atomic E-state index is -3.92. The van der Waals surface area contributed by atoms with Crippen LogP contribution in [0.5, 0.6) is 0 Å². The Morgan fingerprint density at radius 2 is 2.10 bits per heavy atom. The van der Waals surface area contributed by atoms with Gasteiger partial charge in [-0.3, -0.25) is 0 Å². The lowest BCUT2D eigenvalue weighted by atomic mass is 10.6. The first-order chi connectivity index (χ1) is 9.26. The number of hydrogen-bond donors (Lipinski definition) is 4. The van der Waals surface area contributed by atoms with E-state index < -0.39 is 10.2 Å². The molecule has 0 spiro atoms. The largest absolute Gasteiger partial charge is 0.386 e. The standard InChI is InChI=1S/C8H15N7O2S3/c9-6(15-20(12,16)17)1-2-18-3-5-4-19-8(13-5)14-7(10)11/h4H,1-3H2,(H2,9,15)(H2,12,16,17)(H4,10,11,13,14)/i6+1.